The fourth-order valence-electron chi connectivity index (χ4n) is 2.77. The van der Waals surface area contributed by atoms with Gasteiger partial charge in [0.05, 0.1) is 23.6 Å². The molecule has 0 aliphatic rings. The standard InChI is InChI=1S/C19H17Cl2N3O/c1-3-18(25)22-12(2)19-23-16-9-4-5-10-17(16)24(19)11-13-14(20)7-6-8-15(13)21/h3-10,12H,1,11H2,2H3,(H,22,25). The summed E-state index contributed by atoms with van der Waals surface area (Å²) in [6.45, 7) is 5.83. The molecule has 128 valence electrons. The predicted molar refractivity (Wildman–Crippen MR) is 102 cm³/mol. The molecule has 1 atom stereocenters. The van der Waals surface area contributed by atoms with Crippen molar-refractivity contribution in [1.82, 2.24) is 14.9 Å². The highest BCUT2D eigenvalue weighted by Gasteiger charge is 2.19. The van der Waals surface area contributed by atoms with Crippen molar-refractivity contribution < 1.29 is 4.79 Å². The summed E-state index contributed by atoms with van der Waals surface area (Å²) in [4.78, 5) is 16.4. The van der Waals surface area contributed by atoms with E-state index in [4.69, 9.17) is 23.2 Å². The van der Waals surface area contributed by atoms with E-state index in [1.807, 2.05) is 54.0 Å². The molecule has 0 aliphatic heterocycles. The predicted octanol–water partition coefficient (Wildman–Crippen LogP) is 4.75. The largest absolute Gasteiger partial charge is 0.343 e. The molecule has 1 N–H and O–H groups in total. The molecular formula is C19H17Cl2N3O. The van der Waals surface area contributed by atoms with Crippen molar-refractivity contribution in [3.63, 3.8) is 0 Å². The van der Waals surface area contributed by atoms with Gasteiger partial charge in [-0.25, -0.2) is 4.98 Å². The summed E-state index contributed by atoms with van der Waals surface area (Å²) in [5, 5.41) is 4.05. The molecule has 0 fully saturated rings. The number of carbonyl (C=O) groups is 1. The van der Waals surface area contributed by atoms with E-state index in [-0.39, 0.29) is 11.9 Å². The third kappa shape index (κ3) is 3.55. The van der Waals surface area contributed by atoms with Crippen LogP contribution in [0.3, 0.4) is 0 Å². The fourth-order valence-corrected chi connectivity index (χ4v) is 3.29. The third-order valence-electron chi connectivity index (χ3n) is 3.99. The fraction of sp³-hybridized carbons (Fsp3) is 0.158. The summed E-state index contributed by atoms with van der Waals surface area (Å²) in [6, 6.07) is 12.9. The Morgan fingerprint density at radius 3 is 2.60 bits per heavy atom. The maximum Gasteiger partial charge on any atom is 0.243 e. The van der Waals surface area contributed by atoms with Crippen molar-refractivity contribution >= 4 is 40.1 Å². The Labute approximate surface area is 156 Å². The third-order valence-corrected chi connectivity index (χ3v) is 4.70. The van der Waals surface area contributed by atoms with E-state index in [1.165, 1.54) is 6.08 Å². The van der Waals surface area contributed by atoms with Crippen LogP contribution in [0.4, 0.5) is 0 Å². The number of hydrogen-bond donors (Lipinski definition) is 1. The van der Waals surface area contributed by atoms with Gasteiger partial charge in [0.25, 0.3) is 0 Å². The molecule has 0 radical (unpaired) electrons. The Hall–Kier alpha value is -2.30. The van der Waals surface area contributed by atoms with E-state index >= 15 is 0 Å². The maximum absolute atomic E-state index is 11.7. The maximum atomic E-state index is 11.7. The Morgan fingerprint density at radius 1 is 1.24 bits per heavy atom. The summed E-state index contributed by atoms with van der Waals surface area (Å²) in [5.74, 6) is 0.481. The normalized spacial score (nSPS) is 12.1. The number of fused-ring (bicyclic) bond motifs is 1. The number of carbonyl (C=O) groups excluding carboxylic acids is 1. The molecule has 0 aliphatic carbocycles. The first-order valence-electron chi connectivity index (χ1n) is 7.82. The van der Waals surface area contributed by atoms with Gasteiger partial charge in [0.1, 0.15) is 5.82 Å². The molecule has 4 nitrogen and oxygen atoms in total. The quantitative estimate of drug-likeness (QED) is 0.655. The van der Waals surface area contributed by atoms with Gasteiger partial charge in [-0.1, -0.05) is 48.0 Å². The highest BCUT2D eigenvalue weighted by atomic mass is 35.5. The Balaban J connectivity index is 2.10. The first-order chi connectivity index (χ1) is 12.0. The molecule has 0 saturated carbocycles. The topological polar surface area (TPSA) is 46.9 Å². The van der Waals surface area contributed by atoms with Crippen molar-refractivity contribution in [2.75, 3.05) is 0 Å². The van der Waals surface area contributed by atoms with Crippen LogP contribution >= 0.6 is 23.2 Å². The summed E-state index contributed by atoms with van der Waals surface area (Å²) in [5.41, 5.74) is 2.62. The SMILES string of the molecule is C=CC(=O)NC(C)c1nc2ccccc2n1Cc1c(Cl)cccc1Cl. The van der Waals surface area contributed by atoms with Gasteiger partial charge < -0.3 is 9.88 Å². The highest BCUT2D eigenvalue weighted by Crippen LogP contribution is 2.28. The van der Waals surface area contributed by atoms with Gasteiger partial charge in [0.15, 0.2) is 0 Å². The first-order valence-corrected chi connectivity index (χ1v) is 8.58. The average molecular weight is 374 g/mol. The van der Waals surface area contributed by atoms with Crippen molar-refractivity contribution in [1.29, 1.82) is 0 Å². The molecule has 1 heterocycles. The van der Waals surface area contributed by atoms with Crippen molar-refractivity contribution in [2.24, 2.45) is 0 Å². The molecule has 3 rings (SSSR count). The van der Waals surface area contributed by atoms with E-state index in [0.29, 0.717) is 16.6 Å². The molecule has 6 heteroatoms. The summed E-state index contributed by atoms with van der Waals surface area (Å²) < 4.78 is 2.02. The molecule has 25 heavy (non-hydrogen) atoms. The average Bonchev–Trinajstić information content (AvgIpc) is 2.97. The number of rotatable bonds is 5. The van der Waals surface area contributed by atoms with Crippen molar-refractivity contribution in [3.05, 3.63) is 76.6 Å². The zero-order valence-corrected chi connectivity index (χ0v) is 15.2. The molecule has 0 bridgehead atoms. The van der Waals surface area contributed by atoms with Gasteiger partial charge >= 0.3 is 0 Å². The Bertz CT molecular complexity index is 929. The van der Waals surface area contributed by atoms with Crippen LogP contribution in [0.5, 0.6) is 0 Å². The molecular weight excluding hydrogens is 357 g/mol. The van der Waals surface area contributed by atoms with E-state index < -0.39 is 0 Å². The van der Waals surface area contributed by atoms with E-state index in [9.17, 15) is 4.79 Å². The number of nitrogens with zero attached hydrogens (tertiary/aromatic N) is 2. The molecule has 0 saturated heterocycles. The summed E-state index contributed by atoms with van der Waals surface area (Å²) >= 11 is 12.7. The van der Waals surface area contributed by atoms with Crippen LogP contribution in [-0.4, -0.2) is 15.5 Å². The second kappa shape index (κ2) is 7.30. The number of benzene rings is 2. The second-order valence-corrected chi connectivity index (χ2v) is 6.49. The van der Waals surface area contributed by atoms with Crippen LogP contribution in [0.1, 0.15) is 24.4 Å². The van der Waals surface area contributed by atoms with Gasteiger partial charge in [-0.3, -0.25) is 4.79 Å². The van der Waals surface area contributed by atoms with Gasteiger partial charge in [0, 0.05) is 15.6 Å². The first kappa shape index (κ1) is 17.5. The summed E-state index contributed by atoms with van der Waals surface area (Å²) in [6.07, 6.45) is 1.24. The molecule has 3 aromatic rings. The van der Waals surface area contributed by atoms with Gasteiger partial charge in [-0.05, 0) is 37.3 Å². The van der Waals surface area contributed by atoms with E-state index in [2.05, 4.69) is 16.9 Å². The molecule has 2 aromatic carbocycles. The van der Waals surface area contributed by atoms with E-state index in [1.54, 1.807) is 0 Å². The lowest BCUT2D eigenvalue weighted by molar-refractivity contribution is -0.117. The molecule has 0 spiro atoms. The lowest BCUT2D eigenvalue weighted by Crippen LogP contribution is -2.27. The minimum atomic E-state index is -0.292. The lowest BCUT2D eigenvalue weighted by Gasteiger charge is -2.17. The number of amides is 1. The monoisotopic (exact) mass is 373 g/mol. The number of nitrogens with one attached hydrogen (secondary N) is 1. The number of para-hydroxylation sites is 2. The zero-order valence-electron chi connectivity index (χ0n) is 13.7. The van der Waals surface area contributed by atoms with Crippen LogP contribution in [0.25, 0.3) is 11.0 Å². The Kier molecular flexibility index (Phi) is 5.11. The van der Waals surface area contributed by atoms with Gasteiger partial charge in [-0.2, -0.15) is 0 Å². The van der Waals surface area contributed by atoms with Crippen molar-refractivity contribution in [2.45, 2.75) is 19.5 Å². The lowest BCUT2D eigenvalue weighted by atomic mass is 10.2. The molecule has 1 unspecified atom stereocenters. The second-order valence-electron chi connectivity index (χ2n) is 5.68. The van der Waals surface area contributed by atoms with Gasteiger partial charge in [0.2, 0.25) is 5.91 Å². The number of halogens is 2. The molecule has 1 aromatic heterocycles. The zero-order chi connectivity index (χ0) is 18.0. The minimum Gasteiger partial charge on any atom is -0.343 e. The van der Waals surface area contributed by atoms with Crippen LogP contribution in [0, 0.1) is 0 Å². The van der Waals surface area contributed by atoms with Gasteiger partial charge in [-0.15, -0.1) is 0 Å². The minimum absolute atomic E-state index is 0.248. The number of aromatic nitrogens is 2. The molecule has 1 amide bonds. The smallest absolute Gasteiger partial charge is 0.243 e. The van der Waals surface area contributed by atoms with Crippen molar-refractivity contribution in [3.8, 4) is 0 Å². The van der Waals surface area contributed by atoms with Crippen LogP contribution in [-0.2, 0) is 11.3 Å². The van der Waals surface area contributed by atoms with Crippen LogP contribution in [0.2, 0.25) is 10.0 Å². The number of hydrogen-bond acceptors (Lipinski definition) is 2. The summed E-state index contributed by atoms with van der Waals surface area (Å²) in [7, 11) is 0. The number of imidazole rings is 1. The van der Waals surface area contributed by atoms with Crippen LogP contribution in [0.15, 0.2) is 55.1 Å². The van der Waals surface area contributed by atoms with Crippen LogP contribution < -0.4 is 5.32 Å². The highest BCUT2D eigenvalue weighted by molar-refractivity contribution is 6.36. The van der Waals surface area contributed by atoms with E-state index in [0.717, 1.165) is 22.4 Å². The Morgan fingerprint density at radius 2 is 1.92 bits per heavy atom.